The number of anilines is 1. The average molecular weight is 325 g/mol. The van der Waals surface area contributed by atoms with E-state index in [4.69, 9.17) is 0 Å². The van der Waals surface area contributed by atoms with Crippen molar-refractivity contribution in [3.05, 3.63) is 53.6 Å². The maximum absolute atomic E-state index is 12.9. The summed E-state index contributed by atoms with van der Waals surface area (Å²) in [4.78, 5) is 12.7. The molecule has 1 unspecified atom stereocenters. The number of fused-ring (bicyclic) bond motifs is 1. The number of carbonyl (C=O) groups excluding carboxylic acids is 1. The van der Waals surface area contributed by atoms with E-state index in [1.807, 2.05) is 0 Å². The van der Waals surface area contributed by atoms with Crippen molar-refractivity contribution in [2.45, 2.75) is 16.4 Å². The van der Waals surface area contributed by atoms with Crippen LogP contribution in [0.1, 0.15) is 15.9 Å². The third-order valence-electron chi connectivity index (χ3n) is 3.19. The Morgan fingerprint density at radius 3 is 2.50 bits per heavy atom. The highest BCUT2D eigenvalue weighted by Gasteiger charge is 2.45. The second-order valence-corrected chi connectivity index (χ2v) is 5.89. The molecule has 0 fully saturated rings. The van der Waals surface area contributed by atoms with Crippen LogP contribution in [0.5, 0.6) is 5.75 Å². The van der Waals surface area contributed by atoms with Crippen LogP contribution in [-0.2, 0) is 0 Å². The van der Waals surface area contributed by atoms with Gasteiger partial charge >= 0.3 is 6.18 Å². The number of alkyl halides is 3. The Bertz CT molecular complexity index is 732. The van der Waals surface area contributed by atoms with Crippen LogP contribution in [0.15, 0.2) is 47.4 Å². The number of hydrogen-bond donors (Lipinski definition) is 2. The molecule has 0 radical (unpaired) electrons. The smallest absolute Gasteiger partial charge is 0.418 e. The Hall–Kier alpha value is -2.15. The highest BCUT2D eigenvalue weighted by molar-refractivity contribution is 8.00. The molecule has 2 aromatic rings. The summed E-state index contributed by atoms with van der Waals surface area (Å²) in [6, 6.07) is 10.6. The molecule has 0 bridgehead atoms. The molecule has 3 rings (SSSR count). The zero-order chi connectivity index (χ0) is 15.9. The van der Waals surface area contributed by atoms with Crippen molar-refractivity contribution in [1.29, 1.82) is 0 Å². The highest BCUT2D eigenvalue weighted by Crippen LogP contribution is 2.48. The first-order valence-electron chi connectivity index (χ1n) is 6.33. The standard InChI is InChI=1S/C15H10F3NO2S/c16-15(17,18)14-19-12-10(6-9(20)7-11(12)22-14)13(21)8-4-2-1-3-5-8/h1-7,14,19-20H. The molecule has 0 aliphatic carbocycles. The molecule has 1 aliphatic heterocycles. The van der Waals surface area contributed by atoms with Crippen molar-refractivity contribution in [1.82, 2.24) is 0 Å². The number of rotatable bonds is 2. The van der Waals surface area contributed by atoms with E-state index >= 15 is 0 Å². The second-order valence-electron chi connectivity index (χ2n) is 4.75. The molecule has 2 N–H and O–H groups in total. The summed E-state index contributed by atoms with van der Waals surface area (Å²) in [6.07, 6.45) is -4.45. The van der Waals surface area contributed by atoms with Gasteiger partial charge in [0.25, 0.3) is 0 Å². The lowest BCUT2D eigenvalue weighted by Crippen LogP contribution is -2.30. The maximum atomic E-state index is 12.9. The van der Waals surface area contributed by atoms with Crippen molar-refractivity contribution < 1.29 is 23.1 Å². The van der Waals surface area contributed by atoms with Gasteiger partial charge in [-0.05, 0) is 12.1 Å². The first-order chi connectivity index (χ1) is 10.4. The summed E-state index contributed by atoms with van der Waals surface area (Å²) in [5.74, 6) is -0.682. The van der Waals surface area contributed by atoms with Crippen LogP contribution >= 0.6 is 11.8 Å². The molecule has 1 heterocycles. The van der Waals surface area contributed by atoms with E-state index in [-0.39, 0.29) is 21.9 Å². The average Bonchev–Trinajstić information content (AvgIpc) is 2.90. The SMILES string of the molecule is O=C(c1ccccc1)c1cc(O)cc2c1NC(C(F)(F)F)S2. The van der Waals surface area contributed by atoms with Crippen molar-refractivity contribution in [3.63, 3.8) is 0 Å². The summed E-state index contributed by atoms with van der Waals surface area (Å²) >= 11 is 0.536. The lowest BCUT2D eigenvalue weighted by Gasteiger charge is -2.14. The Kier molecular flexibility index (Phi) is 3.52. The molecule has 1 aliphatic rings. The van der Waals surface area contributed by atoms with Gasteiger partial charge in [-0.15, -0.1) is 0 Å². The number of phenols is 1. The topological polar surface area (TPSA) is 49.3 Å². The number of carbonyl (C=O) groups is 1. The van der Waals surface area contributed by atoms with E-state index in [1.165, 1.54) is 12.1 Å². The molecule has 114 valence electrons. The second kappa shape index (κ2) is 5.24. The lowest BCUT2D eigenvalue weighted by atomic mass is 10.0. The van der Waals surface area contributed by atoms with E-state index in [0.29, 0.717) is 17.3 Å². The number of hydrogen-bond acceptors (Lipinski definition) is 4. The molecular formula is C15H10F3NO2S. The normalized spacial score (nSPS) is 17.0. The third-order valence-corrected chi connectivity index (χ3v) is 4.38. The van der Waals surface area contributed by atoms with Crippen LogP contribution in [-0.4, -0.2) is 22.4 Å². The first kappa shape index (κ1) is 14.8. The van der Waals surface area contributed by atoms with Gasteiger partial charge in [0.1, 0.15) is 5.75 Å². The van der Waals surface area contributed by atoms with Gasteiger partial charge < -0.3 is 10.4 Å². The van der Waals surface area contributed by atoms with Crippen molar-refractivity contribution in [3.8, 4) is 5.75 Å². The van der Waals surface area contributed by atoms with Gasteiger partial charge in [-0.3, -0.25) is 4.79 Å². The number of aromatic hydroxyl groups is 1. The van der Waals surface area contributed by atoms with Crippen LogP contribution in [0.2, 0.25) is 0 Å². The minimum absolute atomic E-state index is 0.0282. The van der Waals surface area contributed by atoms with E-state index in [2.05, 4.69) is 5.32 Å². The van der Waals surface area contributed by atoms with E-state index in [9.17, 15) is 23.1 Å². The largest absolute Gasteiger partial charge is 0.508 e. The summed E-state index contributed by atoms with van der Waals surface area (Å²) in [7, 11) is 0. The van der Waals surface area contributed by atoms with Crippen molar-refractivity contribution in [2.75, 3.05) is 5.32 Å². The number of ketones is 1. The summed E-state index contributed by atoms with van der Waals surface area (Å²) in [5, 5.41) is 10.2. The Morgan fingerprint density at radius 1 is 1.18 bits per heavy atom. The number of thioether (sulfide) groups is 1. The zero-order valence-electron chi connectivity index (χ0n) is 11.0. The minimum atomic E-state index is -4.45. The van der Waals surface area contributed by atoms with Crippen LogP contribution in [0.25, 0.3) is 0 Å². The number of nitrogens with one attached hydrogen (secondary N) is 1. The van der Waals surface area contributed by atoms with Gasteiger partial charge in [0.15, 0.2) is 11.2 Å². The molecule has 0 amide bonds. The van der Waals surface area contributed by atoms with E-state index in [1.54, 1.807) is 30.3 Å². The fourth-order valence-corrected chi connectivity index (χ4v) is 3.24. The molecular weight excluding hydrogens is 315 g/mol. The summed E-state index contributed by atoms with van der Waals surface area (Å²) < 4.78 is 38.6. The van der Waals surface area contributed by atoms with Crippen LogP contribution in [0.4, 0.5) is 18.9 Å². The molecule has 22 heavy (non-hydrogen) atoms. The van der Waals surface area contributed by atoms with E-state index < -0.39 is 17.3 Å². The zero-order valence-corrected chi connectivity index (χ0v) is 11.8. The fourth-order valence-electron chi connectivity index (χ4n) is 2.20. The quantitative estimate of drug-likeness (QED) is 0.646. The Morgan fingerprint density at radius 2 is 1.86 bits per heavy atom. The van der Waals surface area contributed by atoms with Crippen LogP contribution < -0.4 is 5.32 Å². The Balaban J connectivity index is 2.04. The number of phenolic OH excluding ortho intramolecular Hbond substituents is 1. The van der Waals surface area contributed by atoms with Gasteiger partial charge in [0, 0.05) is 10.5 Å². The lowest BCUT2D eigenvalue weighted by molar-refractivity contribution is -0.123. The van der Waals surface area contributed by atoms with Gasteiger partial charge in [-0.2, -0.15) is 13.2 Å². The van der Waals surface area contributed by atoms with E-state index in [0.717, 1.165) is 0 Å². The fraction of sp³-hybridized carbons (Fsp3) is 0.133. The van der Waals surface area contributed by atoms with Gasteiger partial charge in [0.2, 0.25) is 0 Å². The molecule has 3 nitrogen and oxygen atoms in total. The predicted octanol–water partition coefficient (Wildman–Crippen LogP) is 4.03. The van der Waals surface area contributed by atoms with Crippen LogP contribution in [0.3, 0.4) is 0 Å². The molecule has 0 saturated heterocycles. The number of halogens is 3. The molecule has 0 saturated carbocycles. The summed E-state index contributed by atoms with van der Waals surface area (Å²) in [6.45, 7) is 0. The molecule has 1 atom stereocenters. The third kappa shape index (κ3) is 2.64. The monoisotopic (exact) mass is 325 g/mol. The minimum Gasteiger partial charge on any atom is -0.508 e. The van der Waals surface area contributed by atoms with Gasteiger partial charge in [-0.1, -0.05) is 42.1 Å². The number of benzene rings is 2. The molecule has 0 spiro atoms. The van der Waals surface area contributed by atoms with Gasteiger partial charge in [-0.25, -0.2) is 0 Å². The highest BCUT2D eigenvalue weighted by atomic mass is 32.2. The molecule has 2 aromatic carbocycles. The van der Waals surface area contributed by atoms with Gasteiger partial charge in [0.05, 0.1) is 11.3 Å². The van der Waals surface area contributed by atoms with Crippen LogP contribution in [0, 0.1) is 0 Å². The van der Waals surface area contributed by atoms with Crippen molar-refractivity contribution >= 4 is 23.2 Å². The Labute approximate surface area is 128 Å². The molecule has 7 heteroatoms. The molecule has 0 aromatic heterocycles. The first-order valence-corrected chi connectivity index (χ1v) is 7.21. The van der Waals surface area contributed by atoms with Crippen molar-refractivity contribution in [2.24, 2.45) is 0 Å². The maximum Gasteiger partial charge on any atom is 0.418 e. The summed E-state index contributed by atoms with van der Waals surface area (Å²) in [5.41, 5.74) is 0.483. The predicted molar refractivity (Wildman–Crippen MR) is 77.3 cm³/mol.